The molecule has 0 radical (unpaired) electrons. The fourth-order valence-corrected chi connectivity index (χ4v) is 3.12. The lowest BCUT2D eigenvalue weighted by Gasteiger charge is -2.20. The lowest BCUT2D eigenvalue weighted by atomic mass is 10.0. The number of carbonyl (C=O) groups is 2. The van der Waals surface area contributed by atoms with Crippen LogP contribution in [0.3, 0.4) is 0 Å². The highest BCUT2D eigenvalue weighted by Gasteiger charge is 2.38. The van der Waals surface area contributed by atoms with E-state index in [0.29, 0.717) is 12.1 Å². The molecule has 4 nitrogen and oxygen atoms in total. The summed E-state index contributed by atoms with van der Waals surface area (Å²) in [5.41, 5.74) is 3.25. The second kappa shape index (κ2) is 5.02. The van der Waals surface area contributed by atoms with Crippen LogP contribution in [0.25, 0.3) is 0 Å². The number of hydrogen-bond acceptors (Lipinski definition) is 3. The van der Waals surface area contributed by atoms with Crippen LogP contribution in [-0.4, -0.2) is 30.9 Å². The number of rotatable bonds is 3. The summed E-state index contributed by atoms with van der Waals surface area (Å²) in [6, 6.07) is 3.88. The summed E-state index contributed by atoms with van der Waals surface area (Å²) in [6.07, 6.45) is 3.17. The van der Waals surface area contributed by atoms with E-state index in [2.05, 4.69) is 0 Å². The summed E-state index contributed by atoms with van der Waals surface area (Å²) >= 11 is 0. The van der Waals surface area contributed by atoms with Gasteiger partial charge in [-0.2, -0.15) is 0 Å². The second-order valence-electron chi connectivity index (χ2n) is 5.63. The van der Waals surface area contributed by atoms with Gasteiger partial charge in [-0.25, -0.2) is 0 Å². The van der Waals surface area contributed by atoms with Crippen LogP contribution in [0.15, 0.2) is 12.1 Å². The van der Waals surface area contributed by atoms with E-state index in [1.807, 2.05) is 26.0 Å². The van der Waals surface area contributed by atoms with Crippen LogP contribution in [0.1, 0.15) is 40.7 Å². The average Bonchev–Trinajstić information content (AvgIpc) is 3.02. The Labute approximate surface area is 118 Å². The van der Waals surface area contributed by atoms with Gasteiger partial charge in [-0.3, -0.25) is 9.59 Å². The number of fused-ring (bicyclic) bond motifs is 1. The van der Waals surface area contributed by atoms with Gasteiger partial charge in [0.25, 0.3) is 11.7 Å². The molecule has 2 aliphatic heterocycles. The molecule has 3 rings (SSSR count). The Balaban J connectivity index is 1.87. The molecule has 20 heavy (non-hydrogen) atoms. The van der Waals surface area contributed by atoms with Crippen molar-refractivity contribution in [2.75, 3.05) is 18.1 Å². The fourth-order valence-electron chi connectivity index (χ4n) is 3.12. The van der Waals surface area contributed by atoms with Gasteiger partial charge in [0.1, 0.15) is 0 Å². The van der Waals surface area contributed by atoms with Crippen LogP contribution < -0.4 is 4.90 Å². The van der Waals surface area contributed by atoms with Crippen molar-refractivity contribution in [1.82, 2.24) is 0 Å². The molecule has 1 unspecified atom stereocenters. The predicted octanol–water partition coefficient (Wildman–Crippen LogP) is 2.40. The zero-order valence-corrected chi connectivity index (χ0v) is 11.9. The number of hydrogen-bond donors (Lipinski definition) is 0. The monoisotopic (exact) mass is 273 g/mol. The topological polar surface area (TPSA) is 46.6 Å². The number of ether oxygens (including phenoxy) is 1. The largest absolute Gasteiger partial charge is 0.378 e. The maximum absolute atomic E-state index is 12.2. The van der Waals surface area contributed by atoms with Crippen LogP contribution in [0, 0.1) is 13.8 Å². The van der Waals surface area contributed by atoms with Crippen LogP contribution in [0.2, 0.25) is 0 Å². The Morgan fingerprint density at radius 1 is 1.25 bits per heavy atom. The van der Waals surface area contributed by atoms with Crippen molar-refractivity contribution in [1.29, 1.82) is 0 Å². The van der Waals surface area contributed by atoms with Crippen molar-refractivity contribution in [3.63, 3.8) is 0 Å². The van der Waals surface area contributed by atoms with E-state index < -0.39 is 5.91 Å². The SMILES string of the molecule is Cc1ccc(C)c2c1C(=O)C(=O)N2CCC1CCCO1. The zero-order valence-electron chi connectivity index (χ0n) is 11.9. The molecule has 0 aromatic heterocycles. The number of Topliss-reactive ketones (excluding diaryl/α,β-unsaturated/α-hetero) is 1. The summed E-state index contributed by atoms with van der Waals surface area (Å²) in [7, 11) is 0. The van der Waals surface area contributed by atoms with E-state index in [1.165, 1.54) is 0 Å². The lowest BCUT2D eigenvalue weighted by Crippen LogP contribution is -2.32. The number of anilines is 1. The van der Waals surface area contributed by atoms with Gasteiger partial charge in [-0.1, -0.05) is 12.1 Å². The van der Waals surface area contributed by atoms with Gasteiger partial charge in [0.2, 0.25) is 0 Å². The first-order valence-corrected chi connectivity index (χ1v) is 7.17. The first-order valence-electron chi connectivity index (χ1n) is 7.17. The Bertz CT molecular complexity index is 573. The normalized spacial score (nSPS) is 21.7. The Morgan fingerprint density at radius 2 is 2.00 bits per heavy atom. The standard InChI is InChI=1S/C16H19NO3/c1-10-5-6-11(2)14-13(10)15(18)16(19)17(14)8-7-12-4-3-9-20-12/h5-6,12H,3-4,7-9H2,1-2H3. The fraction of sp³-hybridized carbons (Fsp3) is 0.500. The van der Waals surface area contributed by atoms with E-state index in [-0.39, 0.29) is 11.9 Å². The molecule has 1 fully saturated rings. The second-order valence-corrected chi connectivity index (χ2v) is 5.63. The van der Waals surface area contributed by atoms with Crippen molar-refractivity contribution in [3.8, 4) is 0 Å². The van der Waals surface area contributed by atoms with Crippen LogP contribution in [0.5, 0.6) is 0 Å². The van der Waals surface area contributed by atoms with Gasteiger partial charge < -0.3 is 9.64 Å². The summed E-state index contributed by atoms with van der Waals surface area (Å²) in [6.45, 7) is 5.20. The van der Waals surface area contributed by atoms with Crippen molar-refractivity contribution in [2.24, 2.45) is 0 Å². The molecule has 0 aliphatic carbocycles. The van der Waals surface area contributed by atoms with E-state index in [4.69, 9.17) is 4.74 Å². The van der Waals surface area contributed by atoms with Gasteiger partial charge >= 0.3 is 0 Å². The molecule has 1 aromatic rings. The van der Waals surface area contributed by atoms with Crippen molar-refractivity contribution >= 4 is 17.4 Å². The molecular formula is C16H19NO3. The molecular weight excluding hydrogens is 254 g/mol. The van der Waals surface area contributed by atoms with Gasteiger partial charge in [-0.05, 0) is 44.2 Å². The van der Waals surface area contributed by atoms with Gasteiger partial charge in [-0.15, -0.1) is 0 Å². The third kappa shape index (κ3) is 2.04. The highest BCUT2D eigenvalue weighted by Crippen LogP contribution is 2.35. The minimum atomic E-state index is -0.393. The first-order chi connectivity index (χ1) is 9.59. The van der Waals surface area contributed by atoms with Crippen molar-refractivity contribution in [2.45, 2.75) is 39.2 Å². The minimum Gasteiger partial charge on any atom is -0.378 e. The third-order valence-corrected chi connectivity index (χ3v) is 4.22. The molecule has 1 amide bonds. The van der Waals surface area contributed by atoms with Gasteiger partial charge in [0.15, 0.2) is 0 Å². The number of nitrogens with zero attached hydrogens (tertiary/aromatic N) is 1. The molecule has 0 N–H and O–H groups in total. The zero-order chi connectivity index (χ0) is 14.3. The molecule has 4 heteroatoms. The number of ketones is 1. The minimum absolute atomic E-state index is 0.229. The molecule has 2 aliphatic rings. The van der Waals surface area contributed by atoms with E-state index in [0.717, 1.165) is 42.7 Å². The molecule has 0 spiro atoms. The van der Waals surface area contributed by atoms with E-state index in [9.17, 15) is 9.59 Å². The molecule has 0 saturated carbocycles. The van der Waals surface area contributed by atoms with Crippen molar-refractivity contribution < 1.29 is 14.3 Å². The Kier molecular flexibility index (Phi) is 3.34. The van der Waals surface area contributed by atoms with Crippen LogP contribution in [0.4, 0.5) is 5.69 Å². The van der Waals surface area contributed by atoms with Crippen molar-refractivity contribution in [3.05, 3.63) is 28.8 Å². The summed E-state index contributed by atoms with van der Waals surface area (Å²) in [5.74, 6) is -0.760. The summed E-state index contributed by atoms with van der Waals surface area (Å²) in [4.78, 5) is 26.0. The molecule has 0 bridgehead atoms. The quantitative estimate of drug-likeness (QED) is 0.794. The molecule has 1 atom stereocenters. The van der Waals surface area contributed by atoms with Crippen LogP contribution >= 0.6 is 0 Å². The summed E-state index contributed by atoms with van der Waals surface area (Å²) in [5, 5.41) is 0. The highest BCUT2D eigenvalue weighted by atomic mass is 16.5. The molecule has 2 heterocycles. The van der Waals surface area contributed by atoms with Crippen LogP contribution in [-0.2, 0) is 9.53 Å². The number of amides is 1. The number of carbonyl (C=O) groups excluding carboxylic acids is 2. The van der Waals surface area contributed by atoms with E-state index >= 15 is 0 Å². The Morgan fingerprint density at radius 3 is 2.70 bits per heavy atom. The highest BCUT2D eigenvalue weighted by molar-refractivity contribution is 6.52. The first kappa shape index (κ1) is 13.3. The predicted molar refractivity (Wildman–Crippen MR) is 76.2 cm³/mol. The maximum atomic E-state index is 12.2. The van der Waals surface area contributed by atoms with E-state index in [1.54, 1.807) is 4.90 Å². The maximum Gasteiger partial charge on any atom is 0.299 e. The molecule has 1 aromatic carbocycles. The van der Waals surface area contributed by atoms with Gasteiger partial charge in [0, 0.05) is 13.2 Å². The molecule has 106 valence electrons. The third-order valence-electron chi connectivity index (χ3n) is 4.22. The lowest BCUT2D eigenvalue weighted by molar-refractivity contribution is -0.114. The Hall–Kier alpha value is -1.68. The summed E-state index contributed by atoms with van der Waals surface area (Å²) < 4.78 is 5.59. The average molecular weight is 273 g/mol. The van der Waals surface area contributed by atoms with Gasteiger partial charge in [0.05, 0.1) is 17.4 Å². The smallest absolute Gasteiger partial charge is 0.299 e. The molecule has 1 saturated heterocycles. The number of aryl methyl sites for hydroxylation is 2. The number of benzene rings is 1.